The van der Waals surface area contributed by atoms with Gasteiger partial charge in [0, 0.05) is 32.3 Å². The molecule has 1 fully saturated rings. The summed E-state index contributed by atoms with van der Waals surface area (Å²) in [6.07, 6.45) is 2.07. The molecule has 1 aliphatic heterocycles. The molecule has 0 bridgehead atoms. The van der Waals surface area contributed by atoms with Crippen LogP contribution in [0.3, 0.4) is 0 Å². The second kappa shape index (κ2) is 7.95. The third-order valence-corrected chi connectivity index (χ3v) is 5.58. The lowest BCUT2D eigenvalue weighted by Gasteiger charge is -2.36. The number of rotatable bonds is 4. The van der Waals surface area contributed by atoms with Crippen LogP contribution in [0, 0.1) is 0 Å². The van der Waals surface area contributed by atoms with Gasteiger partial charge in [0.15, 0.2) is 0 Å². The van der Waals surface area contributed by atoms with Gasteiger partial charge in [0.2, 0.25) is 0 Å². The van der Waals surface area contributed by atoms with E-state index in [1.165, 1.54) is 0 Å². The average molecular weight is 388 g/mol. The molecule has 0 spiro atoms. The number of aromatic nitrogens is 1. The molecule has 2 aromatic carbocycles. The van der Waals surface area contributed by atoms with Crippen molar-refractivity contribution in [1.29, 1.82) is 0 Å². The minimum absolute atomic E-state index is 0.0380. The maximum atomic E-state index is 12.6. The van der Waals surface area contributed by atoms with E-state index in [1.807, 2.05) is 67.6 Å². The Morgan fingerprint density at radius 2 is 1.69 bits per heavy atom. The van der Waals surface area contributed by atoms with Crippen LogP contribution in [-0.2, 0) is 11.8 Å². The Labute approximate surface area is 170 Å². The molecule has 2 heterocycles. The molecule has 2 atom stereocenters. The van der Waals surface area contributed by atoms with E-state index in [1.54, 1.807) is 28.8 Å². The summed E-state index contributed by atoms with van der Waals surface area (Å²) >= 11 is 0. The molecule has 5 nitrogen and oxygen atoms in total. The van der Waals surface area contributed by atoms with Gasteiger partial charge in [0.1, 0.15) is 6.10 Å². The van der Waals surface area contributed by atoms with E-state index in [0.29, 0.717) is 6.54 Å². The lowest BCUT2D eigenvalue weighted by atomic mass is 10.00. The molecule has 1 amide bonds. The van der Waals surface area contributed by atoms with Gasteiger partial charge in [0.25, 0.3) is 5.56 Å². The maximum Gasteiger partial charge on any atom is 0.410 e. The second-order valence-corrected chi connectivity index (χ2v) is 7.43. The highest BCUT2D eigenvalue weighted by atomic mass is 16.6. The average Bonchev–Trinajstić information content (AvgIpc) is 2.76. The van der Waals surface area contributed by atoms with Gasteiger partial charge < -0.3 is 14.2 Å². The summed E-state index contributed by atoms with van der Waals surface area (Å²) in [5, 5.41) is 0. The number of hydrogen-bond donors (Lipinski definition) is 0. The van der Waals surface area contributed by atoms with E-state index in [9.17, 15) is 9.59 Å². The first-order valence-electron chi connectivity index (χ1n) is 9.82. The molecule has 148 valence electrons. The maximum absolute atomic E-state index is 12.6. The zero-order chi connectivity index (χ0) is 20.4. The van der Waals surface area contributed by atoms with Crippen molar-refractivity contribution in [3.63, 3.8) is 0 Å². The van der Waals surface area contributed by atoms with Crippen LogP contribution in [-0.4, -0.2) is 22.1 Å². The van der Waals surface area contributed by atoms with Crippen LogP contribution in [0.2, 0.25) is 0 Å². The van der Waals surface area contributed by atoms with Gasteiger partial charge in [-0.3, -0.25) is 4.79 Å². The van der Waals surface area contributed by atoms with Crippen molar-refractivity contribution in [2.75, 3.05) is 6.54 Å². The summed E-state index contributed by atoms with van der Waals surface area (Å²) in [6, 6.07) is 21.3. The van der Waals surface area contributed by atoms with Crippen molar-refractivity contribution in [2.24, 2.45) is 7.05 Å². The standard InChI is InChI=1S/C24H24N2O3/c1-17(26-15-13-22(29-24(26)28)20-6-4-3-5-7-20)18-8-10-19(11-9-18)21-12-14-25(2)23(27)16-21/h3-12,14,16-17,22H,13,15H2,1-2H3/t17-,22?/m0/s1. The fourth-order valence-corrected chi connectivity index (χ4v) is 3.71. The Balaban J connectivity index is 1.47. The first kappa shape index (κ1) is 19.0. The monoisotopic (exact) mass is 388 g/mol. The van der Waals surface area contributed by atoms with E-state index in [2.05, 4.69) is 0 Å². The molecule has 3 aromatic rings. The molecule has 5 heteroatoms. The van der Waals surface area contributed by atoms with E-state index in [4.69, 9.17) is 4.74 Å². The molecule has 0 aliphatic carbocycles. The Morgan fingerprint density at radius 1 is 0.966 bits per heavy atom. The topological polar surface area (TPSA) is 51.5 Å². The lowest BCUT2D eigenvalue weighted by molar-refractivity contribution is 0.0123. The number of amides is 1. The number of aryl methyl sites for hydroxylation is 1. The highest BCUT2D eigenvalue weighted by Gasteiger charge is 2.31. The summed E-state index contributed by atoms with van der Waals surface area (Å²) in [4.78, 5) is 26.3. The predicted molar refractivity (Wildman–Crippen MR) is 113 cm³/mol. The van der Waals surface area contributed by atoms with Crippen molar-refractivity contribution in [1.82, 2.24) is 9.47 Å². The van der Waals surface area contributed by atoms with Crippen molar-refractivity contribution >= 4 is 6.09 Å². The van der Waals surface area contributed by atoms with E-state index in [-0.39, 0.29) is 23.8 Å². The fourth-order valence-electron chi connectivity index (χ4n) is 3.71. The van der Waals surface area contributed by atoms with Crippen LogP contribution >= 0.6 is 0 Å². The van der Waals surface area contributed by atoms with Gasteiger partial charge in [-0.15, -0.1) is 0 Å². The summed E-state index contributed by atoms with van der Waals surface area (Å²) < 4.78 is 7.24. The number of cyclic esters (lactones) is 1. The fraction of sp³-hybridized carbons (Fsp3) is 0.250. The Morgan fingerprint density at radius 3 is 2.34 bits per heavy atom. The van der Waals surface area contributed by atoms with Crippen LogP contribution in [0.1, 0.15) is 36.6 Å². The van der Waals surface area contributed by atoms with Gasteiger partial charge in [-0.2, -0.15) is 0 Å². The number of carbonyl (C=O) groups is 1. The molecule has 1 aromatic heterocycles. The minimum Gasteiger partial charge on any atom is -0.441 e. The highest BCUT2D eigenvalue weighted by Crippen LogP contribution is 2.32. The number of pyridine rings is 1. The van der Waals surface area contributed by atoms with Crippen molar-refractivity contribution in [3.8, 4) is 11.1 Å². The number of benzene rings is 2. The van der Waals surface area contributed by atoms with Gasteiger partial charge in [0.05, 0.1) is 6.04 Å². The summed E-state index contributed by atoms with van der Waals surface area (Å²) in [5.41, 5.74) is 3.89. The van der Waals surface area contributed by atoms with Crippen LogP contribution in [0.15, 0.2) is 77.7 Å². The van der Waals surface area contributed by atoms with Crippen LogP contribution in [0.25, 0.3) is 11.1 Å². The molecule has 0 radical (unpaired) electrons. The molecule has 29 heavy (non-hydrogen) atoms. The van der Waals surface area contributed by atoms with Crippen LogP contribution in [0.4, 0.5) is 4.79 Å². The van der Waals surface area contributed by atoms with Crippen LogP contribution in [0.5, 0.6) is 0 Å². The third kappa shape index (κ3) is 3.94. The minimum atomic E-state index is -0.284. The van der Waals surface area contributed by atoms with Crippen molar-refractivity contribution < 1.29 is 9.53 Å². The van der Waals surface area contributed by atoms with Gasteiger partial charge in [-0.05, 0) is 35.2 Å². The Hall–Kier alpha value is -3.34. The van der Waals surface area contributed by atoms with Crippen molar-refractivity contribution in [3.05, 3.63) is 94.4 Å². The van der Waals surface area contributed by atoms with Gasteiger partial charge in [-0.25, -0.2) is 4.79 Å². The number of nitrogens with zero attached hydrogens (tertiary/aromatic N) is 2. The molecular weight excluding hydrogens is 364 g/mol. The van der Waals surface area contributed by atoms with Gasteiger partial charge >= 0.3 is 6.09 Å². The molecule has 1 saturated heterocycles. The summed E-state index contributed by atoms with van der Waals surface area (Å²) in [7, 11) is 1.73. The summed E-state index contributed by atoms with van der Waals surface area (Å²) in [5.74, 6) is 0. The number of carbonyl (C=O) groups excluding carboxylic acids is 1. The SMILES string of the molecule is C[C@@H](c1ccc(-c2ccn(C)c(=O)c2)cc1)N1CCC(c2ccccc2)OC1=O. The molecule has 1 aliphatic rings. The largest absolute Gasteiger partial charge is 0.441 e. The number of ether oxygens (including phenoxy) is 1. The number of hydrogen-bond acceptors (Lipinski definition) is 3. The molecule has 1 unspecified atom stereocenters. The summed E-state index contributed by atoms with van der Waals surface area (Å²) in [6.45, 7) is 2.66. The molecular formula is C24H24N2O3. The van der Waals surface area contributed by atoms with E-state index >= 15 is 0 Å². The second-order valence-electron chi connectivity index (χ2n) is 7.43. The Bertz CT molecular complexity index is 1060. The quantitative estimate of drug-likeness (QED) is 0.651. The first-order chi connectivity index (χ1) is 14.0. The molecule has 4 rings (SSSR count). The molecule has 0 N–H and O–H groups in total. The van der Waals surface area contributed by atoms with Crippen molar-refractivity contribution in [2.45, 2.75) is 25.5 Å². The predicted octanol–water partition coefficient (Wildman–Crippen LogP) is 4.70. The third-order valence-electron chi connectivity index (χ3n) is 5.58. The zero-order valence-electron chi connectivity index (χ0n) is 16.6. The zero-order valence-corrected chi connectivity index (χ0v) is 16.6. The smallest absolute Gasteiger partial charge is 0.410 e. The first-order valence-corrected chi connectivity index (χ1v) is 9.82. The Kier molecular flexibility index (Phi) is 5.21. The van der Waals surface area contributed by atoms with Gasteiger partial charge in [-0.1, -0.05) is 54.6 Å². The van der Waals surface area contributed by atoms with Crippen LogP contribution < -0.4 is 5.56 Å². The highest BCUT2D eigenvalue weighted by molar-refractivity contribution is 5.70. The molecule has 0 saturated carbocycles. The van der Waals surface area contributed by atoms with E-state index < -0.39 is 0 Å². The normalized spacial score (nSPS) is 17.7. The lowest BCUT2D eigenvalue weighted by Crippen LogP contribution is -2.40. The van der Waals surface area contributed by atoms with E-state index in [0.717, 1.165) is 28.7 Å².